The van der Waals surface area contributed by atoms with Gasteiger partial charge in [-0.3, -0.25) is 4.79 Å². The van der Waals surface area contributed by atoms with Crippen molar-refractivity contribution in [3.05, 3.63) is 11.7 Å². The van der Waals surface area contributed by atoms with Crippen LogP contribution in [0.5, 0.6) is 0 Å². The molecule has 6 heteroatoms. The van der Waals surface area contributed by atoms with Crippen molar-refractivity contribution < 1.29 is 9.32 Å². The minimum absolute atomic E-state index is 0.00359. The van der Waals surface area contributed by atoms with Gasteiger partial charge in [0.15, 0.2) is 5.82 Å². The van der Waals surface area contributed by atoms with E-state index in [1.165, 1.54) is 0 Å². The molecule has 0 saturated carbocycles. The minimum Gasteiger partial charge on any atom is -0.337 e. The van der Waals surface area contributed by atoms with Crippen LogP contribution in [-0.4, -0.2) is 33.4 Å². The fraction of sp³-hybridized carbons (Fsp3) is 0.667. The van der Waals surface area contributed by atoms with E-state index in [4.69, 9.17) is 16.1 Å². The van der Waals surface area contributed by atoms with Crippen LogP contribution < -0.4 is 0 Å². The molecule has 82 valence electrons. The molecule has 5 nitrogen and oxygen atoms in total. The highest BCUT2D eigenvalue weighted by Gasteiger charge is 2.33. The second-order valence-corrected chi connectivity index (χ2v) is 3.83. The van der Waals surface area contributed by atoms with Gasteiger partial charge in [-0.05, 0) is 19.8 Å². The fourth-order valence-corrected chi connectivity index (χ4v) is 2.00. The van der Waals surface area contributed by atoms with Crippen LogP contribution in [0.4, 0.5) is 0 Å². The number of hydrogen-bond acceptors (Lipinski definition) is 4. The first-order valence-electron chi connectivity index (χ1n) is 4.88. The average molecular weight is 230 g/mol. The van der Waals surface area contributed by atoms with E-state index in [2.05, 4.69) is 10.1 Å². The van der Waals surface area contributed by atoms with Gasteiger partial charge in [-0.2, -0.15) is 4.98 Å². The average Bonchev–Trinajstić information content (AvgIpc) is 2.84. The maximum atomic E-state index is 11.5. The number of likely N-dealkylation sites (tertiary alicyclic amines) is 1. The van der Waals surface area contributed by atoms with E-state index in [0.717, 1.165) is 19.4 Å². The Labute approximate surface area is 92.4 Å². The van der Waals surface area contributed by atoms with Gasteiger partial charge in [-0.1, -0.05) is 5.16 Å². The Kier molecular flexibility index (Phi) is 2.90. The normalized spacial score (nSPS) is 20.9. The zero-order valence-electron chi connectivity index (χ0n) is 8.44. The molecule has 1 fully saturated rings. The summed E-state index contributed by atoms with van der Waals surface area (Å²) in [4.78, 5) is 17.4. The largest absolute Gasteiger partial charge is 0.337 e. The van der Waals surface area contributed by atoms with E-state index in [-0.39, 0.29) is 17.8 Å². The van der Waals surface area contributed by atoms with Crippen molar-refractivity contribution in [3.8, 4) is 0 Å². The third-order valence-corrected chi connectivity index (χ3v) is 2.74. The van der Waals surface area contributed by atoms with Crippen molar-refractivity contribution in [2.75, 3.05) is 12.4 Å². The smallest absolute Gasteiger partial charge is 0.249 e. The number of alkyl halides is 1. The van der Waals surface area contributed by atoms with Gasteiger partial charge in [0.25, 0.3) is 0 Å². The molecule has 2 heterocycles. The third kappa shape index (κ3) is 1.97. The van der Waals surface area contributed by atoms with Gasteiger partial charge in [0.2, 0.25) is 11.8 Å². The predicted octanol–water partition coefficient (Wildman–Crippen LogP) is 1.28. The molecule has 1 atom stereocenters. The van der Waals surface area contributed by atoms with Gasteiger partial charge >= 0.3 is 0 Å². The van der Waals surface area contributed by atoms with Gasteiger partial charge in [-0.15, -0.1) is 11.6 Å². The Morgan fingerprint density at radius 1 is 1.73 bits per heavy atom. The third-order valence-electron chi connectivity index (χ3n) is 2.52. The first-order chi connectivity index (χ1) is 7.22. The summed E-state index contributed by atoms with van der Waals surface area (Å²) in [5.41, 5.74) is 0. The van der Waals surface area contributed by atoms with E-state index >= 15 is 0 Å². The van der Waals surface area contributed by atoms with Crippen molar-refractivity contribution in [2.24, 2.45) is 0 Å². The van der Waals surface area contributed by atoms with Crippen LogP contribution in [0, 0.1) is 6.92 Å². The second-order valence-electron chi connectivity index (χ2n) is 3.56. The van der Waals surface area contributed by atoms with Gasteiger partial charge in [0.05, 0.1) is 0 Å². The first kappa shape index (κ1) is 10.4. The van der Waals surface area contributed by atoms with Gasteiger partial charge in [-0.25, -0.2) is 0 Å². The molecule has 1 aliphatic heterocycles. The van der Waals surface area contributed by atoms with Gasteiger partial charge in [0, 0.05) is 6.54 Å². The van der Waals surface area contributed by atoms with Crippen molar-refractivity contribution in [3.63, 3.8) is 0 Å². The molecule has 2 rings (SSSR count). The second kappa shape index (κ2) is 4.18. The number of aryl methyl sites for hydroxylation is 1. The number of amides is 1. The number of nitrogens with zero attached hydrogens (tertiary/aromatic N) is 3. The molecule has 0 radical (unpaired) electrons. The topological polar surface area (TPSA) is 59.2 Å². The van der Waals surface area contributed by atoms with E-state index in [0.29, 0.717) is 11.7 Å². The molecule has 0 N–H and O–H groups in total. The summed E-state index contributed by atoms with van der Waals surface area (Å²) in [6, 6.07) is -0.0857. The number of carbonyl (C=O) groups excluding carboxylic acids is 1. The lowest BCUT2D eigenvalue weighted by Gasteiger charge is -2.20. The van der Waals surface area contributed by atoms with Crippen LogP contribution in [0.25, 0.3) is 0 Å². The highest BCUT2D eigenvalue weighted by molar-refractivity contribution is 6.27. The van der Waals surface area contributed by atoms with Crippen LogP contribution in [-0.2, 0) is 4.79 Å². The van der Waals surface area contributed by atoms with Crippen LogP contribution in [0.3, 0.4) is 0 Å². The molecular weight excluding hydrogens is 218 g/mol. The molecule has 0 aliphatic carbocycles. The van der Waals surface area contributed by atoms with Crippen LogP contribution in [0.15, 0.2) is 4.52 Å². The summed E-state index contributed by atoms with van der Waals surface area (Å²) in [6.07, 6.45) is 1.82. The minimum atomic E-state index is -0.0857. The summed E-state index contributed by atoms with van der Waals surface area (Å²) < 4.78 is 5.08. The highest BCUT2D eigenvalue weighted by atomic mass is 35.5. The SMILES string of the molecule is Cc1noc(C2CCCN2C(=O)CCl)n1. The summed E-state index contributed by atoms with van der Waals surface area (Å²) in [5.74, 6) is 1.04. The van der Waals surface area contributed by atoms with Crippen molar-refractivity contribution in [1.29, 1.82) is 0 Å². The van der Waals surface area contributed by atoms with Crippen molar-refractivity contribution in [2.45, 2.75) is 25.8 Å². The summed E-state index contributed by atoms with van der Waals surface area (Å²) >= 11 is 5.53. The molecule has 1 amide bonds. The van der Waals surface area contributed by atoms with Gasteiger partial charge in [0.1, 0.15) is 11.9 Å². The van der Waals surface area contributed by atoms with Gasteiger partial charge < -0.3 is 9.42 Å². The first-order valence-corrected chi connectivity index (χ1v) is 5.41. The number of rotatable bonds is 2. The zero-order chi connectivity index (χ0) is 10.8. The van der Waals surface area contributed by atoms with E-state index in [1.54, 1.807) is 11.8 Å². The number of halogens is 1. The molecular formula is C9H12ClN3O2. The number of carbonyl (C=O) groups is 1. The van der Waals surface area contributed by atoms with E-state index in [9.17, 15) is 4.79 Å². The molecule has 1 unspecified atom stereocenters. The van der Waals surface area contributed by atoms with E-state index < -0.39 is 0 Å². The standard InChI is InChI=1S/C9H12ClN3O2/c1-6-11-9(15-12-6)7-3-2-4-13(7)8(14)5-10/h7H,2-5H2,1H3. The lowest BCUT2D eigenvalue weighted by molar-refractivity contribution is -0.129. The Hall–Kier alpha value is -1.10. The number of aromatic nitrogens is 2. The summed E-state index contributed by atoms with van der Waals surface area (Å²) in [5, 5.41) is 3.72. The molecule has 0 aromatic carbocycles. The Morgan fingerprint density at radius 2 is 2.53 bits per heavy atom. The molecule has 1 aliphatic rings. The lowest BCUT2D eigenvalue weighted by Crippen LogP contribution is -2.31. The Morgan fingerprint density at radius 3 is 3.13 bits per heavy atom. The summed E-state index contributed by atoms with van der Waals surface area (Å²) in [7, 11) is 0. The molecule has 15 heavy (non-hydrogen) atoms. The van der Waals surface area contributed by atoms with Crippen molar-refractivity contribution >= 4 is 17.5 Å². The zero-order valence-corrected chi connectivity index (χ0v) is 9.20. The molecule has 1 aromatic heterocycles. The Balaban J connectivity index is 2.18. The van der Waals surface area contributed by atoms with Crippen LogP contribution in [0.1, 0.15) is 30.6 Å². The summed E-state index contributed by atoms with van der Waals surface area (Å²) in [6.45, 7) is 2.48. The molecule has 0 bridgehead atoms. The molecule has 1 aromatic rings. The highest BCUT2D eigenvalue weighted by Crippen LogP contribution is 2.30. The Bertz CT molecular complexity index is 366. The van der Waals surface area contributed by atoms with E-state index in [1.807, 2.05) is 0 Å². The monoisotopic (exact) mass is 229 g/mol. The molecule has 0 spiro atoms. The number of hydrogen-bond donors (Lipinski definition) is 0. The maximum absolute atomic E-state index is 11.5. The molecule has 1 saturated heterocycles. The van der Waals surface area contributed by atoms with Crippen LogP contribution in [0.2, 0.25) is 0 Å². The van der Waals surface area contributed by atoms with Crippen LogP contribution >= 0.6 is 11.6 Å². The lowest BCUT2D eigenvalue weighted by atomic mass is 10.2. The quantitative estimate of drug-likeness (QED) is 0.717. The fourth-order valence-electron chi connectivity index (χ4n) is 1.85. The van der Waals surface area contributed by atoms with Crippen molar-refractivity contribution in [1.82, 2.24) is 15.0 Å². The maximum Gasteiger partial charge on any atom is 0.249 e. The predicted molar refractivity (Wildman–Crippen MR) is 53.4 cm³/mol.